The summed E-state index contributed by atoms with van der Waals surface area (Å²) in [5, 5.41) is 11.6. The summed E-state index contributed by atoms with van der Waals surface area (Å²) in [6.45, 7) is 4.22. The van der Waals surface area contributed by atoms with Crippen LogP contribution in [0.15, 0.2) is 42.5 Å². The molecule has 0 radical (unpaired) electrons. The molecule has 180 valence electrons. The lowest BCUT2D eigenvalue weighted by atomic mass is 9.97. The van der Waals surface area contributed by atoms with Gasteiger partial charge in [0.15, 0.2) is 5.96 Å². The number of carbonyl (C=O) groups is 1. The van der Waals surface area contributed by atoms with Crippen molar-refractivity contribution in [1.82, 2.24) is 14.1 Å². The van der Waals surface area contributed by atoms with Crippen LogP contribution >= 0.6 is 0 Å². The third-order valence-corrected chi connectivity index (χ3v) is 7.66. The first kappa shape index (κ1) is 22.8. The number of anilines is 2. The van der Waals surface area contributed by atoms with Gasteiger partial charge < -0.3 is 24.6 Å². The third kappa shape index (κ3) is 4.04. The van der Waals surface area contributed by atoms with Crippen molar-refractivity contribution >= 4 is 34.6 Å². The lowest BCUT2D eigenvalue weighted by Crippen LogP contribution is -2.56. The highest BCUT2D eigenvalue weighted by molar-refractivity contribution is 7.76. The number of benzene rings is 2. The van der Waals surface area contributed by atoms with Crippen LogP contribution in [-0.4, -0.2) is 73.1 Å². The summed E-state index contributed by atoms with van der Waals surface area (Å²) in [5.41, 5.74) is 3.36. The van der Waals surface area contributed by atoms with E-state index >= 15 is 0 Å². The summed E-state index contributed by atoms with van der Waals surface area (Å²) in [6.07, 6.45) is 0.586. The van der Waals surface area contributed by atoms with Crippen molar-refractivity contribution in [3.05, 3.63) is 59.4 Å². The van der Waals surface area contributed by atoms with E-state index in [9.17, 15) is 17.9 Å². The second kappa shape index (κ2) is 8.97. The number of carbonyl (C=O) groups excluding carboxylic acids is 1. The van der Waals surface area contributed by atoms with Gasteiger partial charge in [0.1, 0.15) is 5.82 Å². The van der Waals surface area contributed by atoms with Gasteiger partial charge in [-0.15, -0.1) is 0 Å². The number of piperazine rings is 1. The predicted octanol–water partition coefficient (Wildman–Crippen LogP) is 2.34. The Morgan fingerprint density at radius 3 is 2.76 bits per heavy atom. The smallest absolute Gasteiger partial charge is 0.321 e. The average molecular weight is 486 g/mol. The molecular formula is C23H26FN6O3S-. The SMILES string of the molecule is CC1C2CN(C(=O)Nc3cccc(F)c3)CCN2C(=N)N1c1cccc2c1CCN(S(=O)[O-])C2. The maximum Gasteiger partial charge on any atom is 0.321 e. The average Bonchev–Trinajstić information content (AvgIpc) is 3.07. The van der Waals surface area contributed by atoms with Crippen LogP contribution in [0.5, 0.6) is 0 Å². The molecule has 0 spiro atoms. The summed E-state index contributed by atoms with van der Waals surface area (Å²) in [7, 11) is 0. The Bertz CT molecular complexity index is 1160. The van der Waals surface area contributed by atoms with Crippen molar-refractivity contribution in [1.29, 1.82) is 5.41 Å². The van der Waals surface area contributed by atoms with Crippen molar-refractivity contribution < 1.29 is 17.9 Å². The topological polar surface area (TPSA) is 106 Å². The number of fused-ring (bicyclic) bond motifs is 2. The maximum absolute atomic E-state index is 13.5. The number of urea groups is 1. The summed E-state index contributed by atoms with van der Waals surface area (Å²) in [6, 6.07) is 11.2. The summed E-state index contributed by atoms with van der Waals surface area (Å²) < 4.78 is 37.7. The van der Waals surface area contributed by atoms with Crippen molar-refractivity contribution in [3.8, 4) is 0 Å². The van der Waals surface area contributed by atoms with Crippen LogP contribution in [-0.2, 0) is 24.2 Å². The quantitative estimate of drug-likeness (QED) is 0.650. The molecule has 5 rings (SSSR count). The molecule has 3 aliphatic rings. The van der Waals surface area contributed by atoms with Gasteiger partial charge in [0, 0.05) is 55.4 Å². The van der Waals surface area contributed by atoms with E-state index in [0.29, 0.717) is 50.8 Å². The second-order valence-corrected chi connectivity index (χ2v) is 9.78. The zero-order chi connectivity index (χ0) is 24.0. The van der Waals surface area contributed by atoms with Crippen LogP contribution in [0.3, 0.4) is 0 Å². The minimum absolute atomic E-state index is 0.0598. The number of guanidine groups is 1. The molecule has 2 amide bonds. The highest BCUT2D eigenvalue weighted by Crippen LogP contribution is 2.36. The van der Waals surface area contributed by atoms with Gasteiger partial charge in [-0.05, 0) is 48.7 Å². The first-order valence-electron chi connectivity index (χ1n) is 11.2. The fourth-order valence-corrected chi connectivity index (χ4v) is 5.68. The van der Waals surface area contributed by atoms with E-state index < -0.39 is 17.1 Å². The summed E-state index contributed by atoms with van der Waals surface area (Å²) in [5.74, 6) is -0.0159. The highest BCUT2D eigenvalue weighted by atomic mass is 32.2. The molecule has 2 aromatic carbocycles. The van der Waals surface area contributed by atoms with Crippen molar-refractivity contribution in [2.45, 2.75) is 32.0 Å². The highest BCUT2D eigenvalue weighted by Gasteiger charge is 2.46. The molecule has 2 N–H and O–H groups in total. The molecule has 9 nitrogen and oxygen atoms in total. The van der Waals surface area contributed by atoms with Gasteiger partial charge in [-0.2, -0.15) is 0 Å². The predicted molar refractivity (Wildman–Crippen MR) is 127 cm³/mol. The van der Waals surface area contributed by atoms with Gasteiger partial charge in [-0.25, -0.2) is 13.5 Å². The molecule has 2 saturated heterocycles. The molecule has 0 bridgehead atoms. The monoisotopic (exact) mass is 485 g/mol. The Balaban J connectivity index is 1.34. The Kier molecular flexibility index (Phi) is 6.00. The first-order valence-corrected chi connectivity index (χ1v) is 12.3. The van der Waals surface area contributed by atoms with Crippen LogP contribution < -0.4 is 10.2 Å². The van der Waals surface area contributed by atoms with E-state index in [-0.39, 0.29) is 18.1 Å². The Labute approximate surface area is 200 Å². The van der Waals surface area contributed by atoms with Gasteiger partial charge in [-0.1, -0.05) is 18.2 Å². The van der Waals surface area contributed by atoms with Gasteiger partial charge in [0.25, 0.3) is 0 Å². The fraction of sp³-hybridized carbons (Fsp3) is 0.391. The molecule has 0 aromatic heterocycles. The zero-order valence-corrected chi connectivity index (χ0v) is 19.6. The Morgan fingerprint density at radius 1 is 1.21 bits per heavy atom. The number of halogens is 1. The van der Waals surface area contributed by atoms with E-state index in [1.165, 1.54) is 16.4 Å². The zero-order valence-electron chi connectivity index (χ0n) is 18.7. The van der Waals surface area contributed by atoms with Crippen LogP contribution in [0.2, 0.25) is 0 Å². The van der Waals surface area contributed by atoms with E-state index in [2.05, 4.69) is 12.2 Å². The van der Waals surface area contributed by atoms with E-state index in [1.807, 2.05) is 28.0 Å². The molecule has 2 fully saturated rings. The van der Waals surface area contributed by atoms with Crippen LogP contribution in [0.4, 0.5) is 20.6 Å². The normalized spacial score (nSPS) is 23.5. The molecule has 3 atom stereocenters. The van der Waals surface area contributed by atoms with Gasteiger partial charge >= 0.3 is 6.03 Å². The van der Waals surface area contributed by atoms with Gasteiger partial charge in [-0.3, -0.25) is 9.62 Å². The minimum Gasteiger partial charge on any atom is -0.760 e. The number of hydrogen-bond donors (Lipinski definition) is 2. The van der Waals surface area contributed by atoms with Crippen LogP contribution in [0.1, 0.15) is 18.1 Å². The summed E-state index contributed by atoms with van der Waals surface area (Å²) >= 11 is -2.26. The number of rotatable bonds is 3. The van der Waals surface area contributed by atoms with Crippen molar-refractivity contribution in [2.24, 2.45) is 0 Å². The number of nitrogens with one attached hydrogen (secondary N) is 2. The molecule has 0 saturated carbocycles. The molecule has 11 heteroatoms. The van der Waals surface area contributed by atoms with E-state index in [4.69, 9.17) is 5.41 Å². The Morgan fingerprint density at radius 2 is 2.00 bits per heavy atom. The summed E-state index contributed by atoms with van der Waals surface area (Å²) in [4.78, 5) is 18.6. The molecular weight excluding hydrogens is 459 g/mol. The molecule has 34 heavy (non-hydrogen) atoms. The largest absolute Gasteiger partial charge is 0.760 e. The van der Waals surface area contributed by atoms with Crippen LogP contribution in [0, 0.1) is 11.2 Å². The van der Waals surface area contributed by atoms with E-state index in [0.717, 1.165) is 16.8 Å². The van der Waals surface area contributed by atoms with Gasteiger partial charge in [0.2, 0.25) is 0 Å². The minimum atomic E-state index is -2.26. The van der Waals surface area contributed by atoms with Crippen molar-refractivity contribution in [3.63, 3.8) is 0 Å². The number of amides is 2. The lowest BCUT2D eigenvalue weighted by Gasteiger charge is -2.38. The Hall–Kier alpha value is -3.02. The van der Waals surface area contributed by atoms with Crippen LogP contribution in [0.25, 0.3) is 0 Å². The van der Waals surface area contributed by atoms with Gasteiger partial charge in [0.05, 0.1) is 12.1 Å². The van der Waals surface area contributed by atoms with Crippen molar-refractivity contribution in [2.75, 3.05) is 36.4 Å². The lowest BCUT2D eigenvalue weighted by molar-refractivity contribution is 0.148. The number of nitrogens with zero attached hydrogens (tertiary/aromatic N) is 4. The molecule has 3 unspecified atom stereocenters. The standard InChI is InChI=1S/C23H27FN6O3S/c1-15-21-14-27(23(31)26-18-6-3-5-17(24)12-18)10-11-29(21)22(25)30(15)20-7-2-4-16-13-28(34(32)33)9-8-19(16)20/h2-7,12,15,21,25H,8-11,13-14H2,1H3,(H,26,31)(H,32,33)/p-1. The fourth-order valence-electron chi connectivity index (χ4n) is 5.19. The second-order valence-electron chi connectivity index (χ2n) is 8.83. The molecule has 3 heterocycles. The van der Waals surface area contributed by atoms with E-state index in [1.54, 1.807) is 17.0 Å². The molecule has 0 aliphatic carbocycles. The number of hydrogen-bond acceptors (Lipinski definition) is 4. The molecule has 3 aliphatic heterocycles. The molecule has 2 aromatic rings. The third-order valence-electron chi connectivity index (χ3n) is 6.92. The first-order chi connectivity index (χ1) is 16.3. The maximum atomic E-state index is 13.5.